The molecule has 154 valence electrons. The van der Waals surface area contributed by atoms with E-state index in [1.165, 1.54) is 12.8 Å². The Kier molecular flexibility index (Phi) is 5.31. The number of hydrogen-bond donors (Lipinski definition) is 1. The zero-order valence-electron chi connectivity index (χ0n) is 16.1. The van der Waals surface area contributed by atoms with Crippen molar-refractivity contribution in [3.8, 4) is 5.75 Å². The van der Waals surface area contributed by atoms with Crippen LogP contribution in [0.3, 0.4) is 0 Å². The number of aliphatic hydroxyl groups is 1. The second-order valence-electron chi connectivity index (χ2n) is 8.44. The van der Waals surface area contributed by atoms with E-state index in [0.717, 1.165) is 13.1 Å². The Morgan fingerprint density at radius 2 is 2.07 bits per heavy atom. The van der Waals surface area contributed by atoms with Crippen molar-refractivity contribution in [2.75, 3.05) is 26.2 Å². The molecule has 0 spiro atoms. The first-order valence-corrected chi connectivity index (χ1v) is 10.6. The molecule has 0 radical (unpaired) electrons. The van der Waals surface area contributed by atoms with Crippen molar-refractivity contribution < 1.29 is 23.4 Å². The Bertz CT molecular complexity index is 757. The molecule has 2 fully saturated rings. The van der Waals surface area contributed by atoms with Gasteiger partial charge in [0, 0.05) is 30.1 Å². The number of piperazine rings is 1. The normalized spacial score (nSPS) is 27.6. The number of alkyl halides is 2. The van der Waals surface area contributed by atoms with Gasteiger partial charge in [-0.05, 0) is 50.8 Å². The third-order valence-electron chi connectivity index (χ3n) is 5.79. The number of hydrogen-bond acceptors (Lipinski definition) is 5. The molecule has 4 rings (SSSR count). The number of ether oxygens (including phenoxy) is 1. The molecule has 1 aromatic carbocycles. The second-order valence-corrected chi connectivity index (χ2v) is 9.50. The van der Waals surface area contributed by atoms with Gasteiger partial charge < -0.3 is 14.7 Å². The number of thioether (sulfide) groups is 1. The average molecular weight is 413 g/mol. The minimum absolute atomic E-state index is 0.0356. The molecule has 2 heterocycles. The third kappa shape index (κ3) is 4.00. The van der Waals surface area contributed by atoms with E-state index < -0.39 is 23.5 Å². The Hall–Kier alpha value is -1.38. The van der Waals surface area contributed by atoms with Gasteiger partial charge in [-0.3, -0.25) is 9.69 Å². The topological polar surface area (TPSA) is 53.0 Å². The Morgan fingerprint density at radius 3 is 2.71 bits per heavy atom. The van der Waals surface area contributed by atoms with E-state index in [-0.39, 0.29) is 5.91 Å². The van der Waals surface area contributed by atoms with E-state index in [2.05, 4.69) is 4.90 Å². The fourth-order valence-corrected chi connectivity index (χ4v) is 4.66. The molecule has 1 aliphatic carbocycles. The summed E-state index contributed by atoms with van der Waals surface area (Å²) in [5.74, 6) is -1.32. The number of halogens is 2. The van der Waals surface area contributed by atoms with Gasteiger partial charge in [-0.2, -0.15) is 8.78 Å². The molecule has 8 heteroatoms. The summed E-state index contributed by atoms with van der Waals surface area (Å²) in [7, 11) is 0. The van der Waals surface area contributed by atoms with Crippen LogP contribution in [-0.2, 0) is 4.79 Å². The fourth-order valence-electron chi connectivity index (χ4n) is 4.11. The van der Waals surface area contributed by atoms with Gasteiger partial charge in [0.05, 0.1) is 12.6 Å². The summed E-state index contributed by atoms with van der Waals surface area (Å²) in [6.07, 6.45) is 1.52. The van der Waals surface area contributed by atoms with Crippen molar-refractivity contribution in [3.63, 3.8) is 0 Å². The molecule has 2 unspecified atom stereocenters. The van der Waals surface area contributed by atoms with E-state index in [9.17, 15) is 18.7 Å². The molecule has 1 amide bonds. The molecule has 28 heavy (non-hydrogen) atoms. The standard InChI is InChI=1S/C20H26F2N2O3S/c1-20(2)18(26)17(14-9-13(28-19(21)22)5-6-15(14)27-20)24-8-7-23(11-16(24)25)10-12-3-4-12/h5-6,9,12,17-19,26H,3-4,7-8,10-11H2,1-2H3. The molecular formula is C20H26F2N2O3S. The van der Waals surface area contributed by atoms with Gasteiger partial charge in [-0.25, -0.2) is 0 Å². The first kappa shape index (κ1) is 19.9. The highest BCUT2D eigenvalue weighted by molar-refractivity contribution is 7.99. The van der Waals surface area contributed by atoms with Crippen LogP contribution in [0.25, 0.3) is 0 Å². The number of carbonyl (C=O) groups is 1. The van der Waals surface area contributed by atoms with Gasteiger partial charge in [0.1, 0.15) is 17.5 Å². The lowest BCUT2D eigenvalue weighted by atomic mass is 9.85. The number of fused-ring (bicyclic) bond motifs is 1. The number of amides is 1. The number of benzene rings is 1. The molecule has 5 nitrogen and oxygen atoms in total. The Labute approximate surface area is 168 Å². The molecule has 1 N–H and O–H groups in total. The van der Waals surface area contributed by atoms with E-state index in [1.807, 2.05) is 0 Å². The zero-order chi connectivity index (χ0) is 20.1. The second kappa shape index (κ2) is 7.46. The first-order valence-electron chi connectivity index (χ1n) is 9.72. The molecule has 0 aromatic heterocycles. The zero-order valence-corrected chi connectivity index (χ0v) is 16.9. The lowest BCUT2D eigenvalue weighted by Gasteiger charge is -2.48. The molecule has 0 bridgehead atoms. The van der Waals surface area contributed by atoms with E-state index in [1.54, 1.807) is 36.9 Å². The van der Waals surface area contributed by atoms with Gasteiger partial charge in [0.25, 0.3) is 5.76 Å². The summed E-state index contributed by atoms with van der Waals surface area (Å²) in [6.45, 7) is 6.12. The van der Waals surface area contributed by atoms with Crippen molar-refractivity contribution in [2.24, 2.45) is 5.92 Å². The number of nitrogens with zero attached hydrogens (tertiary/aromatic N) is 2. The summed E-state index contributed by atoms with van der Waals surface area (Å²) < 4.78 is 31.6. The highest BCUT2D eigenvalue weighted by Gasteiger charge is 2.47. The molecule has 2 atom stereocenters. The number of aliphatic hydroxyl groups excluding tert-OH is 1. The first-order chi connectivity index (χ1) is 13.2. The van der Waals surface area contributed by atoms with Crippen LogP contribution >= 0.6 is 11.8 Å². The van der Waals surface area contributed by atoms with Crippen molar-refractivity contribution in [1.82, 2.24) is 9.80 Å². The van der Waals surface area contributed by atoms with Gasteiger partial charge in [-0.1, -0.05) is 11.8 Å². The minimum atomic E-state index is -2.53. The average Bonchev–Trinajstić information content (AvgIpc) is 3.41. The number of carbonyl (C=O) groups excluding carboxylic acids is 1. The maximum absolute atomic E-state index is 12.9. The Balaban J connectivity index is 1.62. The number of rotatable bonds is 5. The highest BCUT2D eigenvalue weighted by Crippen LogP contribution is 2.45. The van der Waals surface area contributed by atoms with Crippen LogP contribution in [0.4, 0.5) is 8.78 Å². The van der Waals surface area contributed by atoms with E-state index in [0.29, 0.717) is 47.0 Å². The maximum Gasteiger partial charge on any atom is 0.288 e. The van der Waals surface area contributed by atoms with Crippen LogP contribution in [0.5, 0.6) is 5.75 Å². The SMILES string of the molecule is CC1(C)Oc2ccc(SC(F)F)cc2C(N2CCN(CC3CC3)CC2=O)C1O. The van der Waals surface area contributed by atoms with Crippen LogP contribution in [0.2, 0.25) is 0 Å². The summed E-state index contributed by atoms with van der Waals surface area (Å²) in [4.78, 5) is 17.2. The quantitative estimate of drug-likeness (QED) is 0.753. The molecule has 2 aliphatic heterocycles. The summed E-state index contributed by atoms with van der Waals surface area (Å²) in [5, 5.41) is 11.0. The molecular weight excluding hydrogens is 386 g/mol. The maximum atomic E-state index is 12.9. The monoisotopic (exact) mass is 412 g/mol. The lowest BCUT2D eigenvalue weighted by molar-refractivity contribution is -0.150. The van der Waals surface area contributed by atoms with Crippen LogP contribution in [0.1, 0.15) is 38.3 Å². The summed E-state index contributed by atoms with van der Waals surface area (Å²) in [5.41, 5.74) is -0.290. The van der Waals surface area contributed by atoms with Crippen molar-refractivity contribution in [1.29, 1.82) is 0 Å². The van der Waals surface area contributed by atoms with Gasteiger partial charge in [0.15, 0.2) is 0 Å². The summed E-state index contributed by atoms with van der Waals surface area (Å²) >= 11 is 0.454. The Morgan fingerprint density at radius 1 is 1.32 bits per heavy atom. The third-order valence-corrected chi connectivity index (χ3v) is 6.50. The van der Waals surface area contributed by atoms with Crippen LogP contribution in [0.15, 0.2) is 23.1 Å². The molecule has 3 aliphatic rings. The lowest BCUT2D eigenvalue weighted by Crippen LogP contribution is -2.59. The van der Waals surface area contributed by atoms with Crippen molar-refractivity contribution in [3.05, 3.63) is 23.8 Å². The van der Waals surface area contributed by atoms with Crippen molar-refractivity contribution >= 4 is 17.7 Å². The van der Waals surface area contributed by atoms with Gasteiger partial charge >= 0.3 is 0 Å². The largest absolute Gasteiger partial charge is 0.485 e. The molecule has 1 saturated carbocycles. The highest BCUT2D eigenvalue weighted by atomic mass is 32.2. The van der Waals surface area contributed by atoms with E-state index >= 15 is 0 Å². The molecule has 1 aromatic rings. The fraction of sp³-hybridized carbons (Fsp3) is 0.650. The van der Waals surface area contributed by atoms with Crippen LogP contribution in [0, 0.1) is 5.92 Å². The molecule has 1 saturated heterocycles. The predicted octanol–water partition coefficient (Wildman–Crippen LogP) is 3.13. The smallest absolute Gasteiger partial charge is 0.288 e. The van der Waals surface area contributed by atoms with Crippen LogP contribution < -0.4 is 4.74 Å². The van der Waals surface area contributed by atoms with Gasteiger partial charge in [0.2, 0.25) is 5.91 Å². The van der Waals surface area contributed by atoms with Crippen LogP contribution in [-0.4, -0.2) is 64.5 Å². The summed E-state index contributed by atoms with van der Waals surface area (Å²) in [6, 6.07) is 4.27. The predicted molar refractivity (Wildman–Crippen MR) is 103 cm³/mol. The van der Waals surface area contributed by atoms with E-state index in [4.69, 9.17) is 4.74 Å². The minimum Gasteiger partial charge on any atom is -0.485 e. The van der Waals surface area contributed by atoms with Gasteiger partial charge in [-0.15, -0.1) is 0 Å². The van der Waals surface area contributed by atoms with Crippen molar-refractivity contribution in [2.45, 2.75) is 55.1 Å².